The van der Waals surface area contributed by atoms with Crippen LogP contribution in [-0.2, 0) is 0 Å². The molecule has 0 aliphatic carbocycles. The second-order valence-corrected chi connectivity index (χ2v) is 8.48. The molecule has 0 saturated carbocycles. The molecule has 2 aromatic carbocycles. The lowest BCUT2D eigenvalue weighted by atomic mass is 9.93. The van der Waals surface area contributed by atoms with Crippen molar-refractivity contribution in [2.24, 2.45) is 10.2 Å². The molecular formula is C24H34N3+. The van der Waals surface area contributed by atoms with Gasteiger partial charge in [-0.05, 0) is 45.9 Å². The van der Waals surface area contributed by atoms with Gasteiger partial charge in [-0.2, -0.15) is 0 Å². The van der Waals surface area contributed by atoms with Crippen molar-refractivity contribution in [3.05, 3.63) is 58.7 Å². The van der Waals surface area contributed by atoms with Crippen LogP contribution in [0.2, 0.25) is 0 Å². The normalized spacial score (nSPS) is 11.4. The van der Waals surface area contributed by atoms with E-state index in [-0.39, 0.29) is 0 Å². The lowest BCUT2D eigenvalue weighted by molar-refractivity contribution is 0.817. The predicted molar refractivity (Wildman–Crippen MR) is 116 cm³/mol. The number of hydrogen-bond acceptors (Lipinski definition) is 2. The highest BCUT2D eigenvalue weighted by Crippen LogP contribution is 2.36. The van der Waals surface area contributed by atoms with Gasteiger partial charge in [-0.15, -0.1) is 0 Å². The van der Waals surface area contributed by atoms with Crippen LogP contribution in [0.15, 0.2) is 46.6 Å². The van der Waals surface area contributed by atoms with Gasteiger partial charge in [0.1, 0.15) is 0 Å². The maximum Gasteiger partial charge on any atom is 0.228 e. The first-order valence-corrected chi connectivity index (χ1v) is 10.1. The summed E-state index contributed by atoms with van der Waals surface area (Å²) >= 11 is 0. The molecule has 0 saturated heterocycles. The van der Waals surface area contributed by atoms with E-state index in [4.69, 9.17) is 0 Å². The van der Waals surface area contributed by atoms with Crippen molar-refractivity contribution in [3.63, 3.8) is 0 Å². The minimum absolute atomic E-state index is 0.395. The Morgan fingerprint density at radius 3 is 1.00 bits per heavy atom. The Bertz CT molecular complexity index is 719. The molecule has 0 aliphatic heterocycles. The van der Waals surface area contributed by atoms with Crippen LogP contribution in [-0.4, -0.2) is 0 Å². The highest BCUT2D eigenvalue weighted by molar-refractivity contribution is 5.56. The molecule has 0 amide bonds. The Kier molecular flexibility index (Phi) is 7.10. The molecule has 0 heterocycles. The van der Waals surface area contributed by atoms with Gasteiger partial charge in [0.05, 0.1) is 0 Å². The molecule has 27 heavy (non-hydrogen) atoms. The third-order valence-electron chi connectivity index (χ3n) is 4.97. The van der Waals surface area contributed by atoms with Crippen molar-refractivity contribution in [3.8, 4) is 0 Å². The summed E-state index contributed by atoms with van der Waals surface area (Å²) in [6, 6.07) is 12.8. The molecule has 0 spiro atoms. The van der Waals surface area contributed by atoms with Crippen LogP contribution < -0.4 is 4.91 Å². The van der Waals surface area contributed by atoms with Crippen molar-refractivity contribution in [1.82, 2.24) is 4.91 Å². The zero-order valence-electron chi connectivity index (χ0n) is 18.1. The molecule has 3 nitrogen and oxygen atoms in total. The molecule has 0 radical (unpaired) electrons. The van der Waals surface area contributed by atoms with Crippen LogP contribution in [0, 0.1) is 0 Å². The van der Waals surface area contributed by atoms with E-state index in [9.17, 15) is 0 Å². The summed E-state index contributed by atoms with van der Waals surface area (Å²) in [5, 5.41) is 9.21. The van der Waals surface area contributed by atoms with Gasteiger partial charge in [-0.25, -0.2) is 0 Å². The van der Waals surface area contributed by atoms with E-state index in [2.05, 4.69) is 107 Å². The Balaban J connectivity index is 2.62. The lowest BCUT2D eigenvalue weighted by Gasteiger charge is -2.12. The van der Waals surface area contributed by atoms with Crippen LogP contribution >= 0.6 is 0 Å². The third-order valence-corrected chi connectivity index (χ3v) is 4.97. The lowest BCUT2D eigenvalue weighted by Crippen LogP contribution is -1.96. The molecule has 0 unspecified atom stereocenters. The highest BCUT2D eigenvalue weighted by Gasteiger charge is 2.19. The molecule has 0 N–H and O–H groups in total. The van der Waals surface area contributed by atoms with Crippen LogP contribution in [0.4, 0.5) is 11.4 Å². The Labute approximate surface area is 164 Å². The smallest absolute Gasteiger partial charge is 0.0615 e. The summed E-state index contributed by atoms with van der Waals surface area (Å²) in [6.07, 6.45) is 0. The quantitative estimate of drug-likeness (QED) is 0.367. The maximum absolute atomic E-state index is 4.60. The van der Waals surface area contributed by atoms with Crippen molar-refractivity contribution in [2.45, 2.75) is 79.1 Å². The molecular weight excluding hydrogens is 330 g/mol. The number of nitrogens with zero attached hydrogens (tertiary/aromatic N) is 3. The molecule has 0 fully saturated rings. The Hall–Kier alpha value is -2.25. The van der Waals surface area contributed by atoms with Crippen LogP contribution in [0.3, 0.4) is 0 Å². The highest BCUT2D eigenvalue weighted by atomic mass is 15.2. The van der Waals surface area contributed by atoms with E-state index >= 15 is 0 Å². The van der Waals surface area contributed by atoms with Crippen molar-refractivity contribution < 1.29 is 0 Å². The molecule has 0 atom stereocenters. The molecule has 144 valence electrons. The van der Waals surface area contributed by atoms with Crippen molar-refractivity contribution in [2.75, 3.05) is 0 Å². The van der Waals surface area contributed by atoms with Crippen molar-refractivity contribution in [1.29, 1.82) is 0 Å². The fraction of sp³-hybridized carbons (Fsp3) is 0.500. The minimum atomic E-state index is 0.395. The number of hydrogen-bond donors (Lipinski definition) is 0. The number of benzene rings is 2. The van der Waals surface area contributed by atoms with Gasteiger partial charge >= 0.3 is 0 Å². The minimum Gasteiger partial charge on any atom is -0.0615 e. The largest absolute Gasteiger partial charge is 0.228 e. The Morgan fingerprint density at radius 2 is 0.778 bits per heavy atom. The molecule has 2 aromatic rings. The first-order chi connectivity index (χ1) is 12.7. The summed E-state index contributed by atoms with van der Waals surface area (Å²) in [7, 11) is 0. The Morgan fingerprint density at radius 1 is 0.519 bits per heavy atom. The third kappa shape index (κ3) is 4.93. The summed E-state index contributed by atoms with van der Waals surface area (Å²) in [4.78, 5) is 4.33. The monoisotopic (exact) mass is 364 g/mol. The molecule has 0 aromatic heterocycles. The van der Waals surface area contributed by atoms with Crippen LogP contribution in [0.5, 0.6) is 0 Å². The zero-order valence-corrected chi connectivity index (χ0v) is 18.1. The summed E-state index contributed by atoms with van der Waals surface area (Å²) in [6.45, 7) is 17.6. The van der Waals surface area contributed by atoms with E-state index in [1.165, 1.54) is 22.3 Å². The predicted octanol–water partition coefficient (Wildman–Crippen LogP) is 8.12. The van der Waals surface area contributed by atoms with Crippen LogP contribution in [0.1, 0.15) is 101 Å². The summed E-state index contributed by atoms with van der Waals surface area (Å²) in [5.41, 5.74) is 6.84. The SMILES string of the molecule is CC(C)c1cccc(C(C)C)c1N=[N+]=Nc1c(C(C)C)cccc1C(C)C. The second kappa shape index (κ2) is 9.10. The van der Waals surface area contributed by atoms with E-state index in [0.29, 0.717) is 23.7 Å². The molecule has 2 rings (SSSR count). The van der Waals surface area contributed by atoms with Crippen LogP contribution in [0.25, 0.3) is 0 Å². The van der Waals surface area contributed by atoms with Gasteiger partial charge in [0.15, 0.2) is 21.6 Å². The van der Waals surface area contributed by atoms with Gasteiger partial charge in [-0.1, -0.05) is 91.8 Å². The van der Waals surface area contributed by atoms with E-state index < -0.39 is 0 Å². The summed E-state index contributed by atoms with van der Waals surface area (Å²) in [5.74, 6) is 1.58. The first-order valence-electron chi connectivity index (χ1n) is 10.1. The topological polar surface area (TPSA) is 38.8 Å². The zero-order chi connectivity index (χ0) is 20.1. The van der Waals surface area contributed by atoms with Gasteiger partial charge in [0.25, 0.3) is 0 Å². The second-order valence-electron chi connectivity index (χ2n) is 8.48. The van der Waals surface area contributed by atoms with E-state index in [1.54, 1.807) is 0 Å². The fourth-order valence-corrected chi connectivity index (χ4v) is 3.37. The first kappa shape index (κ1) is 21.1. The van der Waals surface area contributed by atoms with Gasteiger partial charge in [0.2, 0.25) is 4.91 Å². The van der Waals surface area contributed by atoms with E-state index in [0.717, 1.165) is 11.4 Å². The molecule has 3 heteroatoms. The van der Waals surface area contributed by atoms with Crippen molar-refractivity contribution >= 4 is 11.4 Å². The molecule has 0 bridgehead atoms. The average Bonchev–Trinajstić information content (AvgIpc) is 2.61. The fourth-order valence-electron chi connectivity index (χ4n) is 3.37. The summed E-state index contributed by atoms with van der Waals surface area (Å²) < 4.78 is 0. The standard InChI is InChI=1S/C24H34N3/c1-15(2)19-11-9-12-20(16(3)4)23(19)25-27-26-24-21(17(5)6)13-10-14-22(24)18(7)8/h9-18H,1-8H3/q+1. The maximum atomic E-state index is 4.60. The van der Waals surface area contributed by atoms with E-state index in [1.807, 2.05) is 0 Å². The average molecular weight is 365 g/mol. The number of rotatable bonds is 6. The van der Waals surface area contributed by atoms with Gasteiger partial charge < -0.3 is 0 Å². The van der Waals surface area contributed by atoms with Gasteiger partial charge in [0, 0.05) is 0 Å². The molecule has 0 aliphatic rings. The van der Waals surface area contributed by atoms with Gasteiger partial charge in [-0.3, -0.25) is 0 Å².